The summed E-state index contributed by atoms with van der Waals surface area (Å²) in [4.78, 5) is 2.76. The Morgan fingerprint density at radius 3 is 2.77 bits per heavy atom. The van der Waals surface area contributed by atoms with E-state index in [4.69, 9.17) is 4.42 Å². The van der Waals surface area contributed by atoms with Crippen LogP contribution in [0.5, 0.6) is 0 Å². The summed E-state index contributed by atoms with van der Waals surface area (Å²) in [5, 5.41) is 1.53. The Labute approximate surface area is 154 Å². The van der Waals surface area contributed by atoms with Crippen molar-refractivity contribution in [2.24, 2.45) is 0 Å². The molecule has 3 nitrogen and oxygen atoms in total. The van der Waals surface area contributed by atoms with E-state index in [0.717, 1.165) is 18.2 Å². The molecule has 6 rings (SSSR count). The van der Waals surface area contributed by atoms with Gasteiger partial charge in [-0.3, -0.25) is 4.90 Å². The summed E-state index contributed by atoms with van der Waals surface area (Å²) in [5.74, 6) is 2.39. The van der Waals surface area contributed by atoms with Crippen LogP contribution in [0, 0.1) is 13.8 Å². The molecule has 1 saturated heterocycles. The first kappa shape index (κ1) is 15.1. The maximum Gasteiger partial charge on any atom is 0.104 e. The quantitative estimate of drug-likeness (QED) is 0.598. The van der Waals surface area contributed by atoms with Crippen LogP contribution in [0.1, 0.15) is 65.3 Å². The van der Waals surface area contributed by atoms with Gasteiger partial charge in [0.05, 0.1) is 12.3 Å². The number of hydrogen-bond donors (Lipinski definition) is 0. The third kappa shape index (κ3) is 1.92. The van der Waals surface area contributed by atoms with Gasteiger partial charge in [-0.15, -0.1) is 0 Å². The Morgan fingerprint density at radius 1 is 1.00 bits per heavy atom. The molecule has 26 heavy (non-hydrogen) atoms. The molecule has 0 radical (unpaired) electrons. The predicted octanol–water partition coefficient (Wildman–Crippen LogP) is 5.27. The summed E-state index contributed by atoms with van der Waals surface area (Å²) in [6.07, 6.45) is 5.71. The third-order valence-corrected chi connectivity index (χ3v) is 7.21. The molecule has 3 aliphatic heterocycles. The number of benzene rings is 1. The molecule has 3 aliphatic rings. The molecule has 0 N–H and O–H groups in total. The van der Waals surface area contributed by atoms with Gasteiger partial charge in [-0.1, -0.05) is 11.6 Å². The second-order valence-electron chi connectivity index (χ2n) is 8.63. The fraction of sp³-hybridized carbons (Fsp3) is 0.478. The van der Waals surface area contributed by atoms with Crippen LogP contribution < -0.4 is 0 Å². The van der Waals surface area contributed by atoms with Gasteiger partial charge in [0.15, 0.2) is 0 Å². The number of nitrogens with zero attached hydrogens (tertiary/aromatic N) is 2. The maximum atomic E-state index is 5.65. The smallest absolute Gasteiger partial charge is 0.104 e. The van der Waals surface area contributed by atoms with E-state index in [-0.39, 0.29) is 0 Å². The maximum absolute atomic E-state index is 5.65. The fourth-order valence-electron chi connectivity index (χ4n) is 6.04. The van der Waals surface area contributed by atoms with Gasteiger partial charge in [-0.05, 0) is 69.0 Å². The van der Waals surface area contributed by atoms with E-state index in [0.29, 0.717) is 12.0 Å². The van der Waals surface area contributed by atoms with Crippen LogP contribution in [0.15, 0.2) is 34.9 Å². The van der Waals surface area contributed by atoms with E-state index in [1.54, 1.807) is 11.3 Å². The molecule has 0 amide bonds. The lowest BCUT2D eigenvalue weighted by molar-refractivity contribution is 0.213. The van der Waals surface area contributed by atoms with Crippen molar-refractivity contribution in [2.45, 2.75) is 57.5 Å². The molecule has 3 aromatic rings. The average molecular weight is 346 g/mol. The number of aryl methyl sites for hydroxylation is 2. The highest BCUT2D eigenvalue weighted by Gasteiger charge is 2.43. The second kappa shape index (κ2) is 5.26. The van der Waals surface area contributed by atoms with Crippen molar-refractivity contribution < 1.29 is 4.42 Å². The Morgan fingerprint density at radius 2 is 1.92 bits per heavy atom. The lowest BCUT2D eigenvalue weighted by atomic mass is 9.87. The first-order chi connectivity index (χ1) is 12.7. The van der Waals surface area contributed by atoms with E-state index >= 15 is 0 Å². The van der Waals surface area contributed by atoms with E-state index in [2.05, 4.69) is 47.6 Å². The molecule has 1 aromatic carbocycles. The molecule has 2 bridgehead atoms. The Hall–Kier alpha value is -2.00. The lowest BCUT2D eigenvalue weighted by Crippen LogP contribution is -2.31. The van der Waals surface area contributed by atoms with Crippen LogP contribution in [0.2, 0.25) is 0 Å². The summed E-state index contributed by atoms with van der Waals surface area (Å²) >= 11 is 0. The Kier molecular flexibility index (Phi) is 3.05. The first-order valence-corrected chi connectivity index (χ1v) is 10.1. The van der Waals surface area contributed by atoms with Crippen LogP contribution in [0.25, 0.3) is 10.9 Å². The van der Waals surface area contributed by atoms with Crippen molar-refractivity contribution in [1.82, 2.24) is 9.47 Å². The third-order valence-electron chi connectivity index (χ3n) is 7.21. The molecular weight excluding hydrogens is 320 g/mol. The minimum Gasteiger partial charge on any atom is -0.469 e. The van der Waals surface area contributed by atoms with E-state index in [9.17, 15) is 0 Å². The lowest BCUT2D eigenvalue weighted by Gasteiger charge is -2.33. The van der Waals surface area contributed by atoms with Gasteiger partial charge < -0.3 is 8.98 Å². The van der Waals surface area contributed by atoms with Gasteiger partial charge in [-0.2, -0.15) is 0 Å². The summed E-state index contributed by atoms with van der Waals surface area (Å²) < 4.78 is 8.33. The molecule has 5 heterocycles. The highest BCUT2D eigenvalue weighted by atomic mass is 16.3. The van der Waals surface area contributed by atoms with Gasteiger partial charge in [0.25, 0.3) is 0 Å². The van der Waals surface area contributed by atoms with E-state index in [1.165, 1.54) is 54.4 Å². The zero-order valence-corrected chi connectivity index (χ0v) is 15.7. The highest BCUT2D eigenvalue weighted by molar-refractivity contribution is 5.87. The molecule has 3 heteroatoms. The summed E-state index contributed by atoms with van der Waals surface area (Å²) in [6, 6.07) is 9.90. The van der Waals surface area contributed by atoms with Crippen molar-refractivity contribution in [3.8, 4) is 0 Å². The zero-order valence-electron chi connectivity index (χ0n) is 15.7. The molecule has 0 spiro atoms. The predicted molar refractivity (Wildman–Crippen MR) is 104 cm³/mol. The Bertz CT molecular complexity index is 1010. The SMILES string of the molecule is Cc1ccc2c(c1)c1c3n2CC(c2ccoc2C)CCC3N2CCC1C2. The Balaban J connectivity index is 1.60. The first-order valence-electron chi connectivity index (χ1n) is 10.1. The normalized spacial score (nSPS) is 29.8. The minimum atomic E-state index is 0.556. The van der Waals surface area contributed by atoms with Crippen molar-refractivity contribution in [3.05, 3.63) is 58.7 Å². The monoisotopic (exact) mass is 346 g/mol. The van der Waals surface area contributed by atoms with Gasteiger partial charge >= 0.3 is 0 Å². The second-order valence-corrected chi connectivity index (χ2v) is 8.63. The molecular formula is C23H26N2O. The molecule has 134 valence electrons. The minimum absolute atomic E-state index is 0.556. The molecule has 4 unspecified atom stereocenters. The highest BCUT2D eigenvalue weighted by Crippen LogP contribution is 2.51. The van der Waals surface area contributed by atoms with Crippen LogP contribution in [0.3, 0.4) is 0 Å². The van der Waals surface area contributed by atoms with Crippen LogP contribution in [-0.2, 0) is 6.54 Å². The standard InChI is InChI=1S/C23H26N2O/c1-14-3-5-20-19(11-14)22-17-7-9-24(12-17)21-6-4-16(13-25(20)23(21)22)18-8-10-26-15(18)2/h3,5,8,10-11,16-17,21H,4,6-7,9,12-13H2,1-2H3. The van der Waals surface area contributed by atoms with Gasteiger partial charge in [0, 0.05) is 41.5 Å². The fourth-order valence-corrected chi connectivity index (χ4v) is 6.04. The van der Waals surface area contributed by atoms with Gasteiger partial charge in [0.2, 0.25) is 0 Å². The summed E-state index contributed by atoms with van der Waals surface area (Å²) in [5.41, 5.74) is 7.57. The number of furan rings is 1. The van der Waals surface area contributed by atoms with Crippen molar-refractivity contribution in [1.29, 1.82) is 0 Å². The zero-order chi connectivity index (χ0) is 17.4. The number of fused-ring (bicyclic) bond motifs is 7. The molecule has 2 aromatic heterocycles. The van der Waals surface area contributed by atoms with Crippen LogP contribution >= 0.6 is 0 Å². The summed E-state index contributed by atoms with van der Waals surface area (Å²) in [6.45, 7) is 7.97. The molecule has 0 aliphatic carbocycles. The van der Waals surface area contributed by atoms with Crippen molar-refractivity contribution in [3.63, 3.8) is 0 Å². The van der Waals surface area contributed by atoms with Crippen LogP contribution in [-0.4, -0.2) is 22.6 Å². The van der Waals surface area contributed by atoms with E-state index < -0.39 is 0 Å². The number of rotatable bonds is 1. The van der Waals surface area contributed by atoms with Crippen molar-refractivity contribution >= 4 is 10.9 Å². The van der Waals surface area contributed by atoms with Gasteiger partial charge in [0.1, 0.15) is 5.76 Å². The number of aromatic nitrogens is 1. The molecule has 4 atom stereocenters. The van der Waals surface area contributed by atoms with E-state index in [1.807, 2.05) is 6.26 Å². The molecule has 0 saturated carbocycles. The summed E-state index contributed by atoms with van der Waals surface area (Å²) in [7, 11) is 0. The molecule has 1 fully saturated rings. The van der Waals surface area contributed by atoms with Gasteiger partial charge in [-0.25, -0.2) is 0 Å². The topological polar surface area (TPSA) is 21.3 Å². The van der Waals surface area contributed by atoms with Crippen molar-refractivity contribution in [2.75, 3.05) is 13.1 Å². The number of hydrogen-bond acceptors (Lipinski definition) is 2. The van der Waals surface area contributed by atoms with Crippen LogP contribution in [0.4, 0.5) is 0 Å². The average Bonchev–Trinajstić information content (AvgIpc) is 3.28. The largest absolute Gasteiger partial charge is 0.469 e.